The smallest absolute Gasteiger partial charge is 0.326 e. The van der Waals surface area contributed by atoms with E-state index in [2.05, 4.69) is 16.0 Å². The van der Waals surface area contributed by atoms with Gasteiger partial charge in [-0.05, 0) is 32.2 Å². The molecule has 1 aliphatic rings. The molecule has 0 saturated carbocycles. The van der Waals surface area contributed by atoms with Crippen molar-refractivity contribution in [1.82, 2.24) is 16.0 Å². The van der Waals surface area contributed by atoms with Gasteiger partial charge in [0.2, 0.25) is 11.8 Å². The van der Waals surface area contributed by atoms with Gasteiger partial charge in [-0.2, -0.15) is 0 Å². The molecule has 1 fully saturated rings. The van der Waals surface area contributed by atoms with Gasteiger partial charge in [-0.25, -0.2) is 4.79 Å². The Hall–Kier alpha value is -1.67. The van der Waals surface area contributed by atoms with Gasteiger partial charge in [-0.15, -0.1) is 0 Å². The molecule has 8 nitrogen and oxygen atoms in total. The number of carboxylic acid groups (broad SMARTS) is 1. The van der Waals surface area contributed by atoms with Gasteiger partial charge in [0.15, 0.2) is 0 Å². The van der Waals surface area contributed by atoms with Crippen LogP contribution < -0.4 is 16.0 Å². The maximum Gasteiger partial charge on any atom is 0.326 e. The van der Waals surface area contributed by atoms with Crippen LogP contribution in [0.25, 0.3) is 0 Å². The first kappa shape index (κ1) is 19.4. The number of hydrogen-bond donors (Lipinski definition) is 5. The largest absolute Gasteiger partial charge is 0.480 e. The predicted molar refractivity (Wildman–Crippen MR) is 83.7 cm³/mol. The average molecular weight is 329 g/mol. The van der Waals surface area contributed by atoms with Crippen molar-refractivity contribution in [3.05, 3.63) is 0 Å². The Labute approximate surface area is 136 Å². The summed E-state index contributed by atoms with van der Waals surface area (Å²) >= 11 is 0. The van der Waals surface area contributed by atoms with Crippen LogP contribution >= 0.6 is 0 Å². The lowest BCUT2D eigenvalue weighted by atomic mass is 9.98. The van der Waals surface area contributed by atoms with Crippen LogP contribution in [0.3, 0.4) is 0 Å². The first-order valence-corrected chi connectivity index (χ1v) is 8.02. The van der Waals surface area contributed by atoms with Crippen molar-refractivity contribution >= 4 is 17.8 Å². The zero-order chi connectivity index (χ0) is 17.6. The normalized spacial score (nSPS) is 22.7. The standard InChI is InChI=1S/C15H27N3O5/c1-4-8(2)11(15(22)23)17-14(21)12(9(3)19)18-13(20)10-6-5-7-16-10/h8-12,16,19H,4-7H2,1-3H3,(H,17,21)(H,18,20)(H,22,23)/t8-,9+,10-,11-,12-/m0/s1. The van der Waals surface area contributed by atoms with E-state index in [0.717, 1.165) is 13.0 Å². The molecule has 1 saturated heterocycles. The van der Waals surface area contributed by atoms with Crippen molar-refractivity contribution in [3.63, 3.8) is 0 Å². The first-order chi connectivity index (χ1) is 10.8. The summed E-state index contributed by atoms with van der Waals surface area (Å²) in [7, 11) is 0. The lowest BCUT2D eigenvalue weighted by Gasteiger charge is -2.26. The fraction of sp³-hybridized carbons (Fsp3) is 0.800. The van der Waals surface area contributed by atoms with E-state index in [1.54, 1.807) is 6.92 Å². The minimum atomic E-state index is -1.18. The summed E-state index contributed by atoms with van der Waals surface area (Å²) in [6, 6.07) is -2.63. The molecule has 23 heavy (non-hydrogen) atoms. The number of hydrogen-bond acceptors (Lipinski definition) is 5. The molecular formula is C15H27N3O5. The molecule has 0 aromatic heterocycles. The van der Waals surface area contributed by atoms with Gasteiger partial charge in [0.25, 0.3) is 0 Å². The van der Waals surface area contributed by atoms with Crippen molar-refractivity contribution in [3.8, 4) is 0 Å². The molecule has 0 radical (unpaired) electrons. The number of carbonyl (C=O) groups excluding carboxylic acids is 2. The van der Waals surface area contributed by atoms with Gasteiger partial charge in [-0.3, -0.25) is 9.59 Å². The fourth-order valence-electron chi connectivity index (χ4n) is 2.49. The molecule has 5 atom stereocenters. The second-order valence-corrected chi connectivity index (χ2v) is 6.09. The Morgan fingerprint density at radius 3 is 2.30 bits per heavy atom. The minimum Gasteiger partial charge on any atom is -0.480 e. The number of aliphatic hydroxyl groups excluding tert-OH is 1. The summed E-state index contributed by atoms with van der Waals surface area (Å²) in [6.45, 7) is 5.66. The second kappa shape index (κ2) is 8.83. The summed E-state index contributed by atoms with van der Waals surface area (Å²) in [4.78, 5) is 35.7. The summed E-state index contributed by atoms with van der Waals surface area (Å²) in [6.07, 6.45) is 0.991. The molecule has 8 heteroatoms. The van der Waals surface area contributed by atoms with Crippen molar-refractivity contribution in [2.45, 2.75) is 64.3 Å². The fourth-order valence-corrected chi connectivity index (χ4v) is 2.49. The zero-order valence-electron chi connectivity index (χ0n) is 13.8. The van der Waals surface area contributed by atoms with Crippen molar-refractivity contribution in [2.75, 3.05) is 6.54 Å². The number of aliphatic hydroxyl groups is 1. The third-order valence-corrected chi connectivity index (χ3v) is 4.22. The van der Waals surface area contributed by atoms with Crippen LogP contribution in [0.2, 0.25) is 0 Å². The molecule has 0 spiro atoms. The molecule has 0 bridgehead atoms. The molecule has 0 aromatic rings. The molecular weight excluding hydrogens is 302 g/mol. The van der Waals surface area contributed by atoms with Crippen LogP contribution in [0, 0.1) is 5.92 Å². The molecule has 132 valence electrons. The number of rotatable bonds is 8. The highest BCUT2D eigenvalue weighted by atomic mass is 16.4. The van der Waals surface area contributed by atoms with E-state index in [0.29, 0.717) is 12.8 Å². The highest BCUT2D eigenvalue weighted by Gasteiger charge is 2.33. The maximum absolute atomic E-state index is 12.3. The van der Waals surface area contributed by atoms with Gasteiger partial charge in [0.1, 0.15) is 12.1 Å². The Kier molecular flexibility index (Phi) is 7.44. The number of carbonyl (C=O) groups is 3. The molecule has 0 aliphatic carbocycles. The molecule has 5 N–H and O–H groups in total. The summed E-state index contributed by atoms with van der Waals surface area (Å²) in [5.41, 5.74) is 0. The number of amides is 2. The van der Waals surface area contributed by atoms with E-state index in [-0.39, 0.29) is 17.9 Å². The average Bonchev–Trinajstić information content (AvgIpc) is 3.02. The second-order valence-electron chi connectivity index (χ2n) is 6.09. The monoisotopic (exact) mass is 329 g/mol. The van der Waals surface area contributed by atoms with Crippen LogP contribution in [0.15, 0.2) is 0 Å². The third kappa shape index (κ3) is 5.47. The summed E-state index contributed by atoms with van der Waals surface area (Å²) in [5.74, 6) is -2.46. The topological polar surface area (TPSA) is 128 Å². The number of carboxylic acids is 1. The van der Waals surface area contributed by atoms with Gasteiger partial charge in [0, 0.05) is 0 Å². The Morgan fingerprint density at radius 1 is 1.22 bits per heavy atom. The van der Waals surface area contributed by atoms with E-state index in [1.165, 1.54) is 6.92 Å². The van der Waals surface area contributed by atoms with Crippen LogP contribution in [0.5, 0.6) is 0 Å². The molecule has 1 rings (SSSR count). The maximum atomic E-state index is 12.3. The Balaban J connectivity index is 2.73. The van der Waals surface area contributed by atoms with E-state index in [4.69, 9.17) is 0 Å². The quantitative estimate of drug-likeness (QED) is 0.397. The lowest BCUT2D eigenvalue weighted by molar-refractivity contribution is -0.144. The SMILES string of the molecule is CC[C@H](C)[C@H](NC(=O)[C@@H](NC(=O)[C@@H]1CCCN1)[C@@H](C)O)C(=O)O. The van der Waals surface area contributed by atoms with Crippen molar-refractivity contribution in [1.29, 1.82) is 0 Å². The van der Waals surface area contributed by atoms with Gasteiger partial charge >= 0.3 is 5.97 Å². The van der Waals surface area contributed by atoms with E-state index in [1.807, 2.05) is 6.92 Å². The van der Waals surface area contributed by atoms with Gasteiger partial charge in [-0.1, -0.05) is 20.3 Å². The Morgan fingerprint density at radius 2 is 1.87 bits per heavy atom. The van der Waals surface area contributed by atoms with Crippen LogP contribution in [-0.2, 0) is 14.4 Å². The van der Waals surface area contributed by atoms with Gasteiger partial charge in [0.05, 0.1) is 12.1 Å². The molecule has 1 aliphatic heterocycles. The molecule has 0 aromatic carbocycles. The van der Waals surface area contributed by atoms with E-state index >= 15 is 0 Å². The Bertz CT molecular complexity index is 435. The van der Waals surface area contributed by atoms with Crippen molar-refractivity contribution in [2.24, 2.45) is 5.92 Å². The predicted octanol–water partition coefficient (Wildman–Crippen LogP) is -0.780. The first-order valence-electron chi connectivity index (χ1n) is 8.02. The minimum absolute atomic E-state index is 0.265. The molecule has 1 heterocycles. The lowest BCUT2D eigenvalue weighted by Crippen LogP contribution is -2.58. The number of aliphatic carboxylic acids is 1. The van der Waals surface area contributed by atoms with Crippen LogP contribution in [0.1, 0.15) is 40.0 Å². The van der Waals surface area contributed by atoms with Crippen LogP contribution in [0.4, 0.5) is 0 Å². The summed E-state index contributed by atoms with van der Waals surface area (Å²) in [5, 5.41) is 26.9. The molecule has 0 unspecified atom stereocenters. The van der Waals surface area contributed by atoms with E-state index in [9.17, 15) is 24.6 Å². The van der Waals surface area contributed by atoms with Crippen molar-refractivity contribution < 1.29 is 24.6 Å². The number of nitrogens with one attached hydrogen (secondary N) is 3. The van der Waals surface area contributed by atoms with Gasteiger partial charge < -0.3 is 26.2 Å². The highest BCUT2D eigenvalue weighted by molar-refractivity contribution is 5.92. The van der Waals surface area contributed by atoms with E-state index < -0.39 is 30.1 Å². The highest BCUT2D eigenvalue weighted by Crippen LogP contribution is 2.10. The molecule has 2 amide bonds. The third-order valence-electron chi connectivity index (χ3n) is 4.22. The van der Waals surface area contributed by atoms with Crippen LogP contribution in [-0.4, -0.2) is 58.8 Å². The zero-order valence-corrected chi connectivity index (χ0v) is 13.8. The summed E-state index contributed by atoms with van der Waals surface area (Å²) < 4.78 is 0.